The molecule has 150 valence electrons. The van der Waals surface area contributed by atoms with Crippen LogP contribution >= 0.6 is 46.9 Å². The highest BCUT2D eigenvalue weighted by atomic mass is 127. The smallest absolute Gasteiger partial charge is 0.242 e. The molecule has 0 amide bonds. The third kappa shape index (κ3) is 7.90. The summed E-state index contributed by atoms with van der Waals surface area (Å²) in [5.41, 5.74) is 0. The van der Waals surface area contributed by atoms with Gasteiger partial charge in [0.25, 0.3) is 0 Å². The first-order valence-corrected chi connectivity index (χ1v) is 10.7. The molecule has 0 saturated carbocycles. The zero-order chi connectivity index (χ0) is 19.0. The molecule has 0 aliphatic carbocycles. The molecule has 0 bridgehead atoms. The van der Waals surface area contributed by atoms with Crippen molar-refractivity contribution in [3.8, 4) is 0 Å². The summed E-state index contributed by atoms with van der Waals surface area (Å²) >= 11 is 7.49. The maximum absolute atomic E-state index is 12.1. The van der Waals surface area contributed by atoms with Crippen LogP contribution in [0, 0.1) is 0 Å². The molecule has 0 saturated heterocycles. The standard InChI is InChI=1S/C16H22ClN5O2S2.HI/c1-3-19-16(22(2)12-13-6-7-15(17)25-13)20-9-10-21-26(23,24)14-5-4-8-18-11-14;/h4-8,11,21H,3,9-10,12H2,1-2H3,(H,19,20);1H. The van der Waals surface area contributed by atoms with E-state index in [1.54, 1.807) is 6.07 Å². The lowest BCUT2D eigenvalue weighted by molar-refractivity contribution is 0.481. The maximum atomic E-state index is 12.1. The molecule has 0 atom stereocenters. The highest BCUT2D eigenvalue weighted by molar-refractivity contribution is 14.0. The molecular weight excluding hydrogens is 521 g/mol. The summed E-state index contributed by atoms with van der Waals surface area (Å²) in [6.07, 6.45) is 2.85. The van der Waals surface area contributed by atoms with Crippen LogP contribution in [0.1, 0.15) is 11.8 Å². The first kappa shape index (κ1) is 24.1. The quantitative estimate of drug-likeness (QED) is 0.231. The predicted molar refractivity (Wildman–Crippen MR) is 122 cm³/mol. The Kier molecular flexibility index (Phi) is 10.5. The van der Waals surface area contributed by atoms with Gasteiger partial charge in [0.15, 0.2) is 5.96 Å². The van der Waals surface area contributed by atoms with Gasteiger partial charge in [0.1, 0.15) is 4.90 Å². The summed E-state index contributed by atoms with van der Waals surface area (Å²) in [6, 6.07) is 6.94. The second-order valence-corrected chi connectivity index (χ2v) is 8.95. The van der Waals surface area contributed by atoms with Crippen LogP contribution in [0.2, 0.25) is 4.34 Å². The van der Waals surface area contributed by atoms with Crippen molar-refractivity contribution in [2.75, 3.05) is 26.7 Å². The molecule has 2 heterocycles. The number of halogens is 2. The number of thiophene rings is 1. The molecule has 0 spiro atoms. The number of sulfonamides is 1. The summed E-state index contributed by atoms with van der Waals surface area (Å²) in [6.45, 7) is 3.89. The maximum Gasteiger partial charge on any atom is 0.242 e. The van der Waals surface area contributed by atoms with Crippen molar-refractivity contribution in [3.63, 3.8) is 0 Å². The number of nitrogens with zero attached hydrogens (tertiary/aromatic N) is 3. The largest absolute Gasteiger partial charge is 0.357 e. The van der Waals surface area contributed by atoms with Crippen molar-refractivity contribution in [3.05, 3.63) is 45.9 Å². The molecule has 0 unspecified atom stereocenters. The van der Waals surface area contributed by atoms with Crippen molar-refractivity contribution < 1.29 is 8.42 Å². The molecule has 2 rings (SSSR count). The fourth-order valence-corrected chi connectivity index (χ4v) is 4.27. The van der Waals surface area contributed by atoms with E-state index < -0.39 is 10.0 Å². The van der Waals surface area contributed by atoms with Crippen LogP contribution in [-0.4, -0.2) is 50.9 Å². The molecule has 27 heavy (non-hydrogen) atoms. The molecule has 7 nitrogen and oxygen atoms in total. The molecule has 0 aliphatic heterocycles. The average molecular weight is 544 g/mol. The van der Waals surface area contributed by atoms with Gasteiger partial charge in [-0.15, -0.1) is 35.3 Å². The van der Waals surface area contributed by atoms with E-state index in [1.165, 1.54) is 29.8 Å². The number of hydrogen-bond acceptors (Lipinski definition) is 5. The van der Waals surface area contributed by atoms with E-state index in [0.29, 0.717) is 19.0 Å². The van der Waals surface area contributed by atoms with Crippen LogP contribution in [-0.2, 0) is 16.6 Å². The van der Waals surface area contributed by atoms with Crippen LogP contribution in [0.25, 0.3) is 0 Å². The van der Waals surface area contributed by atoms with E-state index in [0.717, 1.165) is 15.8 Å². The van der Waals surface area contributed by atoms with E-state index in [-0.39, 0.29) is 35.4 Å². The number of hydrogen-bond donors (Lipinski definition) is 2. The fourth-order valence-electron chi connectivity index (χ4n) is 2.15. The summed E-state index contributed by atoms with van der Waals surface area (Å²) < 4.78 is 27.6. The van der Waals surface area contributed by atoms with Crippen LogP contribution in [0.3, 0.4) is 0 Å². The molecular formula is C16H23ClIN5O2S2. The summed E-state index contributed by atoms with van der Waals surface area (Å²) in [7, 11) is -1.64. The SMILES string of the molecule is CCNC(=NCCNS(=O)(=O)c1cccnc1)N(C)Cc1ccc(Cl)s1.I. The number of guanidine groups is 1. The summed E-state index contributed by atoms with van der Waals surface area (Å²) in [5.74, 6) is 0.706. The molecule has 2 N–H and O–H groups in total. The van der Waals surface area contributed by atoms with E-state index in [1.807, 2.05) is 31.0 Å². The van der Waals surface area contributed by atoms with Crippen molar-refractivity contribution in [1.29, 1.82) is 0 Å². The first-order chi connectivity index (χ1) is 12.4. The van der Waals surface area contributed by atoms with Gasteiger partial charge in [-0.3, -0.25) is 9.98 Å². The minimum atomic E-state index is -3.57. The third-order valence-corrected chi connectivity index (χ3v) is 5.99. The normalized spacial score (nSPS) is 11.7. The Labute approximate surface area is 186 Å². The van der Waals surface area contributed by atoms with Crippen molar-refractivity contribution in [2.24, 2.45) is 4.99 Å². The number of pyridine rings is 1. The lowest BCUT2D eigenvalue weighted by Gasteiger charge is -2.21. The Morgan fingerprint density at radius 3 is 2.74 bits per heavy atom. The predicted octanol–water partition coefficient (Wildman–Crippen LogP) is 2.79. The Bertz CT molecular complexity index is 830. The fraction of sp³-hybridized carbons (Fsp3) is 0.375. The van der Waals surface area contributed by atoms with Gasteiger partial charge >= 0.3 is 0 Å². The van der Waals surface area contributed by atoms with Gasteiger partial charge in [-0.2, -0.15) is 0 Å². The van der Waals surface area contributed by atoms with Gasteiger partial charge in [-0.1, -0.05) is 11.6 Å². The van der Waals surface area contributed by atoms with Gasteiger partial charge in [0.05, 0.1) is 17.4 Å². The second kappa shape index (κ2) is 11.8. The van der Waals surface area contributed by atoms with Gasteiger partial charge in [-0.05, 0) is 31.2 Å². The summed E-state index contributed by atoms with van der Waals surface area (Å²) in [4.78, 5) is 11.5. The number of aliphatic imine (C=N–C) groups is 1. The van der Waals surface area contributed by atoms with E-state index in [2.05, 4.69) is 20.0 Å². The monoisotopic (exact) mass is 543 g/mol. The molecule has 0 radical (unpaired) electrons. The highest BCUT2D eigenvalue weighted by Gasteiger charge is 2.13. The Morgan fingerprint density at radius 2 is 2.15 bits per heavy atom. The van der Waals surface area contributed by atoms with E-state index in [9.17, 15) is 8.42 Å². The van der Waals surface area contributed by atoms with Crippen molar-refractivity contribution >= 4 is 62.9 Å². The van der Waals surface area contributed by atoms with Crippen LogP contribution in [0.4, 0.5) is 0 Å². The second-order valence-electron chi connectivity index (χ2n) is 5.38. The molecule has 2 aromatic heterocycles. The Balaban J connectivity index is 0.00000364. The van der Waals surface area contributed by atoms with Gasteiger partial charge in [0, 0.05) is 37.4 Å². The number of nitrogens with one attached hydrogen (secondary N) is 2. The zero-order valence-corrected chi connectivity index (χ0v) is 19.8. The number of rotatable bonds is 8. The molecule has 0 fully saturated rings. The lowest BCUT2D eigenvalue weighted by Crippen LogP contribution is -2.39. The zero-order valence-electron chi connectivity index (χ0n) is 15.1. The van der Waals surface area contributed by atoms with Crippen LogP contribution in [0.5, 0.6) is 0 Å². The lowest BCUT2D eigenvalue weighted by atomic mass is 10.4. The first-order valence-electron chi connectivity index (χ1n) is 8.05. The number of aromatic nitrogens is 1. The molecule has 0 aromatic carbocycles. The van der Waals surface area contributed by atoms with Gasteiger partial charge in [-0.25, -0.2) is 13.1 Å². The topological polar surface area (TPSA) is 86.7 Å². The molecule has 0 aliphatic rings. The molecule has 11 heteroatoms. The Hall–Kier alpha value is -0.950. The van der Waals surface area contributed by atoms with Gasteiger partial charge in [0.2, 0.25) is 10.0 Å². The van der Waals surface area contributed by atoms with Gasteiger partial charge < -0.3 is 10.2 Å². The van der Waals surface area contributed by atoms with E-state index in [4.69, 9.17) is 11.6 Å². The van der Waals surface area contributed by atoms with Crippen LogP contribution in [0.15, 0.2) is 46.5 Å². The van der Waals surface area contributed by atoms with Crippen molar-refractivity contribution in [2.45, 2.75) is 18.4 Å². The highest BCUT2D eigenvalue weighted by Crippen LogP contribution is 2.22. The minimum Gasteiger partial charge on any atom is -0.357 e. The van der Waals surface area contributed by atoms with E-state index >= 15 is 0 Å². The Morgan fingerprint density at radius 1 is 1.37 bits per heavy atom. The summed E-state index contributed by atoms with van der Waals surface area (Å²) in [5, 5.41) is 3.20. The molecule has 2 aromatic rings. The third-order valence-electron chi connectivity index (χ3n) is 3.33. The van der Waals surface area contributed by atoms with Crippen molar-refractivity contribution in [1.82, 2.24) is 19.9 Å². The average Bonchev–Trinajstić information content (AvgIpc) is 3.03. The minimum absolute atomic E-state index is 0. The van der Waals surface area contributed by atoms with Crippen LogP contribution < -0.4 is 10.0 Å².